The third kappa shape index (κ3) is 4.32. The van der Waals surface area contributed by atoms with Gasteiger partial charge in [0.2, 0.25) is 0 Å². The highest BCUT2D eigenvalue weighted by Crippen LogP contribution is 2.16. The molecule has 5 heteroatoms. The van der Waals surface area contributed by atoms with Crippen LogP contribution >= 0.6 is 12.4 Å². The average molecular weight is 321 g/mol. The fourth-order valence-corrected chi connectivity index (χ4v) is 3.03. The van der Waals surface area contributed by atoms with Gasteiger partial charge in [0, 0.05) is 25.0 Å². The first-order valence-corrected chi connectivity index (χ1v) is 7.83. The van der Waals surface area contributed by atoms with Crippen molar-refractivity contribution in [3.8, 4) is 5.69 Å². The van der Waals surface area contributed by atoms with E-state index in [0.29, 0.717) is 6.04 Å². The van der Waals surface area contributed by atoms with E-state index in [1.807, 2.05) is 23.1 Å². The lowest BCUT2D eigenvalue weighted by molar-refractivity contribution is 0.216. The molecule has 1 fully saturated rings. The van der Waals surface area contributed by atoms with E-state index in [2.05, 4.69) is 46.6 Å². The van der Waals surface area contributed by atoms with E-state index in [9.17, 15) is 0 Å². The molecule has 2 aromatic rings. The number of benzene rings is 1. The first-order chi connectivity index (χ1) is 10.3. The van der Waals surface area contributed by atoms with Gasteiger partial charge < -0.3 is 5.32 Å². The molecule has 0 spiro atoms. The van der Waals surface area contributed by atoms with Crippen molar-refractivity contribution < 1.29 is 0 Å². The maximum atomic E-state index is 4.26. The van der Waals surface area contributed by atoms with Crippen molar-refractivity contribution in [3.05, 3.63) is 48.3 Å². The second-order valence-corrected chi connectivity index (χ2v) is 5.87. The van der Waals surface area contributed by atoms with E-state index < -0.39 is 0 Å². The quantitative estimate of drug-likeness (QED) is 0.940. The van der Waals surface area contributed by atoms with Crippen LogP contribution in [0.4, 0.5) is 0 Å². The maximum Gasteiger partial charge on any atom is 0.0645 e. The summed E-state index contributed by atoms with van der Waals surface area (Å²) in [6.45, 7) is 3.33. The predicted octanol–water partition coefficient (Wildman–Crippen LogP) is 2.87. The summed E-state index contributed by atoms with van der Waals surface area (Å²) in [6, 6.07) is 11.4. The van der Waals surface area contributed by atoms with Gasteiger partial charge >= 0.3 is 0 Å². The summed E-state index contributed by atoms with van der Waals surface area (Å²) in [7, 11) is 2.25. The van der Waals surface area contributed by atoms with Gasteiger partial charge in [-0.05, 0) is 63.2 Å². The zero-order chi connectivity index (χ0) is 14.5. The Kier molecular flexibility index (Phi) is 6.43. The molecular weight excluding hydrogens is 296 g/mol. The van der Waals surface area contributed by atoms with Gasteiger partial charge in [-0.3, -0.25) is 4.90 Å². The first-order valence-electron chi connectivity index (χ1n) is 7.83. The molecule has 0 bridgehead atoms. The van der Waals surface area contributed by atoms with Crippen LogP contribution in [0.3, 0.4) is 0 Å². The van der Waals surface area contributed by atoms with Crippen LogP contribution in [0, 0.1) is 0 Å². The molecule has 1 unspecified atom stereocenters. The lowest BCUT2D eigenvalue weighted by atomic mass is 10.1. The molecule has 4 nitrogen and oxygen atoms in total. The fourth-order valence-electron chi connectivity index (χ4n) is 3.03. The topological polar surface area (TPSA) is 33.1 Å². The number of halogens is 1. The molecule has 1 saturated heterocycles. The molecule has 1 N–H and O–H groups in total. The molecule has 1 aromatic carbocycles. The maximum absolute atomic E-state index is 4.26. The van der Waals surface area contributed by atoms with Gasteiger partial charge in [-0.25, -0.2) is 4.68 Å². The van der Waals surface area contributed by atoms with Crippen molar-refractivity contribution in [2.75, 3.05) is 20.1 Å². The van der Waals surface area contributed by atoms with E-state index >= 15 is 0 Å². The van der Waals surface area contributed by atoms with Gasteiger partial charge in [0.05, 0.1) is 5.69 Å². The normalized spacial score (nSPS) is 18.7. The summed E-state index contributed by atoms with van der Waals surface area (Å²) in [4.78, 5) is 2.50. The Hall–Kier alpha value is -1.36. The van der Waals surface area contributed by atoms with Gasteiger partial charge in [0.15, 0.2) is 0 Å². The number of aromatic nitrogens is 2. The lowest BCUT2D eigenvalue weighted by Crippen LogP contribution is -2.31. The van der Waals surface area contributed by atoms with Gasteiger partial charge in [-0.2, -0.15) is 5.10 Å². The Balaban J connectivity index is 0.00000176. The first kappa shape index (κ1) is 17.0. The zero-order valence-electron chi connectivity index (χ0n) is 13.1. The Morgan fingerprint density at radius 2 is 2.05 bits per heavy atom. The van der Waals surface area contributed by atoms with Gasteiger partial charge in [0.1, 0.15) is 0 Å². The second-order valence-electron chi connectivity index (χ2n) is 5.87. The van der Waals surface area contributed by atoms with Crippen molar-refractivity contribution in [1.82, 2.24) is 20.0 Å². The smallest absolute Gasteiger partial charge is 0.0645 e. The van der Waals surface area contributed by atoms with Crippen LogP contribution in [0.1, 0.15) is 24.8 Å². The van der Waals surface area contributed by atoms with Crippen molar-refractivity contribution in [2.24, 2.45) is 0 Å². The minimum atomic E-state index is 0. The van der Waals surface area contributed by atoms with E-state index in [-0.39, 0.29) is 12.4 Å². The number of hydrogen-bond donors (Lipinski definition) is 1. The molecular formula is C17H25ClN4. The van der Waals surface area contributed by atoms with E-state index in [1.165, 1.54) is 31.4 Å². The van der Waals surface area contributed by atoms with Crippen molar-refractivity contribution in [2.45, 2.75) is 31.8 Å². The van der Waals surface area contributed by atoms with Gasteiger partial charge in [-0.1, -0.05) is 12.1 Å². The Morgan fingerprint density at radius 1 is 1.23 bits per heavy atom. The van der Waals surface area contributed by atoms with Crippen molar-refractivity contribution in [3.63, 3.8) is 0 Å². The van der Waals surface area contributed by atoms with Gasteiger partial charge in [-0.15, -0.1) is 12.4 Å². The molecule has 1 aromatic heterocycles. The highest BCUT2D eigenvalue weighted by atomic mass is 35.5. The van der Waals surface area contributed by atoms with Crippen LogP contribution in [-0.4, -0.2) is 40.9 Å². The molecule has 120 valence electrons. The van der Waals surface area contributed by atoms with Crippen LogP contribution in [0.2, 0.25) is 0 Å². The third-order valence-electron chi connectivity index (χ3n) is 4.31. The molecule has 1 atom stereocenters. The summed E-state index contributed by atoms with van der Waals surface area (Å²) in [5, 5.41) is 7.74. The minimum absolute atomic E-state index is 0. The monoisotopic (exact) mass is 320 g/mol. The van der Waals surface area contributed by atoms with Gasteiger partial charge in [0.25, 0.3) is 0 Å². The number of nitrogens with one attached hydrogen (secondary N) is 1. The van der Waals surface area contributed by atoms with E-state index in [0.717, 1.165) is 18.8 Å². The highest BCUT2D eigenvalue weighted by Gasteiger charge is 2.16. The standard InChI is InChI=1S/C17H24N4.ClH/c1-20(16-4-2-10-18-12-9-16)14-15-5-7-17(8-6-15)21-13-3-11-19-21;/h3,5-8,11,13,16,18H,2,4,9-10,12,14H2,1H3;1H. The number of nitrogens with zero attached hydrogens (tertiary/aromatic N) is 3. The largest absolute Gasteiger partial charge is 0.317 e. The SMILES string of the molecule is CN(Cc1ccc(-n2cccn2)cc1)C1CCCNCC1.Cl. The third-order valence-corrected chi connectivity index (χ3v) is 4.31. The van der Waals surface area contributed by atoms with Crippen LogP contribution in [-0.2, 0) is 6.54 Å². The Morgan fingerprint density at radius 3 is 2.77 bits per heavy atom. The fraction of sp³-hybridized carbons (Fsp3) is 0.471. The summed E-state index contributed by atoms with van der Waals surface area (Å²) >= 11 is 0. The second kappa shape index (κ2) is 8.32. The molecule has 0 amide bonds. The summed E-state index contributed by atoms with van der Waals surface area (Å²) < 4.78 is 1.89. The minimum Gasteiger partial charge on any atom is -0.317 e. The average Bonchev–Trinajstić information content (AvgIpc) is 2.90. The van der Waals surface area contributed by atoms with E-state index in [1.54, 1.807) is 0 Å². The molecule has 22 heavy (non-hydrogen) atoms. The van der Waals surface area contributed by atoms with E-state index in [4.69, 9.17) is 0 Å². The van der Waals surface area contributed by atoms with Crippen molar-refractivity contribution in [1.29, 1.82) is 0 Å². The Labute approximate surface area is 138 Å². The summed E-state index contributed by atoms with van der Waals surface area (Å²) in [5.41, 5.74) is 2.48. The molecule has 2 heterocycles. The summed E-state index contributed by atoms with van der Waals surface area (Å²) in [5.74, 6) is 0. The highest BCUT2D eigenvalue weighted by molar-refractivity contribution is 5.85. The van der Waals surface area contributed by atoms with Crippen LogP contribution in [0.5, 0.6) is 0 Å². The molecule has 0 saturated carbocycles. The van der Waals surface area contributed by atoms with Crippen LogP contribution in [0.25, 0.3) is 5.69 Å². The predicted molar refractivity (Wildman–Crippen MR) is 92.8 cm³/mol. The molecule has 0 radical (unpaired) electrons. The molecule has 0 aliphatic carbocycles. The van der Waals surface area contributed by atoms with Crippen LogP contribution < -0.4 is 5.32 Å². The number of rotatable bonds is 4. The lowest BCUT2D eigenvalue weighted by Gasteiger charge is -2.26. The zero-order valence-corrected chi connectivity index (χ0v) is 13.9. The molecule has 1 aliphatic rings. The van der Waals surface area contributed by atoms with Crippen LogP contribution in [0.15, 0.2) is 42.7 Å². The summed E-state index contributed by atoms with van der Waals surface area (Å²) in [6.07, 6.45) is 7.62. The van der Waals surface area contributed by atoms with Crippen molar-refractivity contribution >= 4 is 12.4 Å². The Bertz CT molecular complexity index is 530. The molecule has 3 rings (SSSR count). The number of hydrogen-bond acceptors (Lipinski definition) is 3. The molecule has 1 aliphatic heterocycles.